The van der Waals surface area contributed by atoms with E-state index in [1.165, 1.54) is 49.0 Å². The monoisotopic (exact) mass is 287 g/mol. The van der Waals surface area contributed by atoms with Crippen molar-refractivity contribution in [2.24, 2.45) is 0 Å². The van der Waals surface area contributed by atoms with Gasteiger partial charge in [0.15, 0.2) is 0 Å². The molecule has 104 valence electrons. The summed E-state index contributed by atoms with van der Waals surface area (Å²) >= 11 is 7.90. The van der Waals surface area contributed by atoms with Gasteiger partial charge in [-0.05, 0) is 31.5 Å². The Kier molecular flexibility index (Phi) is 7.96. The molecule has 1 aromatic heterocycles. The second-order valence-corrected chi connectivity index (χ2v) is 6.60. The fourth-order valence-electron chi connectivity index (χ4n) is 2.20. The van der Waals surface area contributed by atoms with Gasteiger partial charge in [-0.3, -0.25) is 0 Å². The average molecular weight is 288 g/mol. The van der Waals surface area contributed by atoms with E-state index in [2.05, 4.69) is 32.2 Å². The molecule has 0 amide bonds. The van der Waals surface area contributed by atoms with E-state index in [0.29, 0.717) is 6.04 Å². The van der Waals surface area contributed by atoms with Crippen LogP contribution in [-0.4, -0.2) is 6.54 Å². The van der Waals surface area contributed by atoms with Gasteiger partial charge in [0.1, 0.15) is 0 Å². The molecule has 0 aliphatic rings. The topological polar surface area (TPSA) is 12.0 Å². The van der Waals surface area contributed by atoms with E-state index in [4.69, 9.17) is 11.6 Å². The molecule has 0 bridgehead atoms. The van der Waals surface area contributed by atoms with Gasteiger partial charge in [0.25, 0.3) is 0 Å². The van der Waals surface area contributed by atoms with E-state index in [9.17, 15) is 0 Å². The molecule has 1 atom stereocenters. The smallest absolute Gasteiger partial charge is 0.0960 e. The Morgan fingerprint density at radius 1 is 1.22 bits per heavy atom. The zero-order valence-electron chi connectivity index (χ0n) is 11.9. The van der Waals surface area contributed by atoms with Crippen LogP contribution in [-0.2, 0) is 0 Å². The third-order valence-electron chi connectivity index (χ3n) is 3.27. The second kappa shape index (κ2) is 8.95. The van der Waals surface area contributed by atoms with Crippen LogP contribution in [0.1, 0.15) is 68.9 Å². The summed E-state index contributed by atoms with van der Waals surface area (Å²) in [6.07, 6.45) is 7.96. The molecule has 0 aliphatic heterocycles. The second-order valence-electron chi connectivity index (χ2n) is 4.92. The number of halogens is 1. The van der Waals surface area contributed by atoms with Gasteiger partial charge in [0.05, 0.1) is 4.34 Å². The number of hydrogen-bond donors (Lipinski definition) is 1. The highest BCUT2D eigenvalue weighted by atomic mass is 35.5. The summed E-state index contributed by atoms with van der Waals surface area (Å²) in [5.41, 5.74) is 1.21. The Morgan fingerprint density at radius 2 is 1.94 bits per heavy atom. The van der Waals surface area contributed by atoms with Crippen LogP contribution >= 0.6 is 22.9 Å². The fraction of sp³-hybridized carbons (Fsp3) is 0.733. The van der Waals surface area contributed by atoms with E-state index >= 15 is 0 Å². The molecule has 1 rings (SSSR count). The van der Waals surface area contributed by atoms with Crippen molar-refractivity contribution in [3.8, 4) is 0 Å². The zero-order valence-corrected chi connectivity index (χ0v) is 13.5. The molecule has 3 heteroatoms. The Labute approximate surface area is 121 Å². The van der Waals surface area contributed by atoms with Gasteiger partial charge < -0.3 is 5.32 Å². The lowest BCUT2D eigenvalue weighted by Gasteiger charge is -2.16. The molecule has 0 fully saturated rings. The summed E-state index contributed by atoms with van der Waals surface area (Å²) in [4.78, 5) is 1.40. The Hall–Kier alpha value is -0.0500. The SMILES string of the molecule is CCCCCCCC(NCC)c1cc(C)c(Cl)s1. The van der Waals surface area contributed by atoms with Crippen molar-refractivity contribution < 1.29 is 0 Å². The molecule has 1 heterocycles. The van der Waals surface area contributed by atoms with Crippen LogP contribution in [0.25, 0.3) is 0 Å². The molecule has 1 unspecified atom stereocenters. The van der Waals surface area contributed by atoms with E-state index in [0.717, 1.165) is 10.9 Å². The Balaban J connectivity index is 2.44. The van der Waals surface area contributed by atoms with Crippen molar-refractivity contribution in [3.05, 3.63) is 20.8 Å². The zero-order chi connectivity index (χ0) is 13.4. The molecule has 18 heavy (non-hydrogen) atoms. The van der Waals surface area contributed by atoms with Crippen LogP contribution in [0.15, 0.2) is 6.07 Å². The summed E-state index contributed by atoms with van der Waals surface area (Å²) in [7, 11) is 0. The first-order valence-corrected chi connectivity index (χ1v) is 8.37. The van der Waals surface area contributed by atoms with Crippen LogP contribution in [0.2, 0.25) is 4.34 Å². The number of aryl methyl sites for hydroxylation is 1. The van der Waals surface area contributed by atoms with Crippen LogP contribution in [0.5, 0.6) is 0 Å². The third-order valence-corrected chi connectivity index (χ3v) is 4.94. The van der Waals surface area contributed by atoms with E-state index < -0.39 is 0 Å². The highest BCUT2D eigenvalue weighted by Gasteiger charge is 2.14. The number of thiophene rings is 1. The van der Waals surface area contributed by atoms with Gasteiger partial charge in [0, 0.05) is 10.9 Å². The van der Waals surface area contributed by atoms with Crippen LogP contribution in [0.4, 0.5) is 0 Å². The standard InChI is InChI=1S/C15H26ClNS/c1-4-6-7-8-9-10-13(17-5-2)14-11-12(3)15(16)18-14/h11,13,17H,4-10H2,1-3H3. The fourth-order valence-corrected chi connectivity index (χ4v) is 3.53. The van der Waals surface area contributed by atoms with Crippen LogP contribution in [0.3, 0.4) is 0 Å². The summed E-state index contributed by atoms with van der Waals surface area (Å²) in [5, 5.41) is 3.58. The number of hydrogen-bond acceptors (Lipinski definition) is 2. The first kappa shape index (κ1) is 16.0. The number of rotatable bonds is 9. The number of nitrogens with one attached hydrogen (secondary N) is 1. The van der Waals surface area contributed by atoms with Gasteiger partial charge in [-0.25, -0.2) is 0 Å². The highest BCUT2D eigenvalue weighted by Crippen LogP contribution is 2.33. The first-order valence-electron chi connectivity index (χ1n) is 7.18. The molecule has 1 aromatic rings. The number of unbranched alkanes of at least 4 members (excludes halogenated alkanes) is 4. The third kappa shape index (κ3) is 5.29. The summed E-state index contributed by atoms with van der Waals surface area (Å²) in [5.74, 6) is 0. The van der Waals surface area contributed by atoms with Gasteiger partial charge in [-0.1, -0.05) is 57.6 Å². The Morgan fingerprint density at radius 3 is 2.50 bits per heavy atom. The largest absolute Gasteiger partial charge is 0.310 e. The average Bonchev–Trinajstić information content (AvgIpc) is 2.68. The Bertz CT molecular complexity index is 316. The molecular weight excluding hydrogens is 262 g/mol. The lowest BCUT2D eigenvalue weighted by atomic mass is 10.0. The lowest BCUT2D eigenvalue weighted by molar-refractivity contribution is 0.484. The van der Waals surface area contributed by atoms with Gasteiger partial charge in [0.2, 0.25) is 0 Å². The molecule has 0 radical (unpaired) electrons. The molecule has 0 aromatic carbocycles. The minimum Gasteiger partial charge on any atom is -0.310 e. The highest BCUT2D eigenvalue weighted by molar-refractivity contribution is 7.16. The summed E-state index contributed by atoms with van der Waals surface area (Å²) in [6.45, 7) is 7.55. The minimum atomic E-state index is 0.493. The van der Waals surface area contributed by atoms with Crippen LogP contribution < -0.4 is 5.32 Å². The van der Waals surface area contributed by atoms with E-state index in [1.54, 1.807) is 11.3 Å². The van der Waals surface area contributed by atoms with Gasteiger partial charge >= 0.3 is 0 Å². The van der Waals surface area contributed by atoms with Crippen LogP contribution in [0, 0.1) is 6.92 Å². The molecule has 0 spiro atoms. The van der Waals surface area contributed by atoms with Crippen molar-refractivity contribution >= 4 is 22.9 Å². The predicted molar refractivity (Wildman–Crippen MR) is 83.9 cm³/mol. The van der Waals surface area contributed by atoms with Crippen molar-refractivity contribution in [2.75, 3.05) is 6.54 Å². The maximum atomic E-state index is 6.17. The maximum absolute atomic E-state index is 6.17. The molecule has 1 nitrogen and oxygen atoms in total. The molecular formula is C15H26ClNS. The van der Waals surface area contributed by atoms with Crippen molar-refractivity contribution in [1.29, 1.82) is 0 Å². The quantitative estimate of drug-likeness (QED) is 0.573. The summed E-state index contributed by atoms with van der Waals surface area (Å²) < 4.78 is 0.943. The van der Waals surface area contributed by atoms with Crippen molar-refractivity contribution in [2.45, 2.75) is 65.3 Å². The first-order chi connectivity index (χ1) is 8.69. The molecule has 0 saturated heterocycles. The van der Waals surface area contributed by atoms with Gasteiger partial charge in [-0.2, -0.15) is 0 Å². The van der Waals surface area contributed by atoms with Gasteiger partial charge in [-0.15, -0.1) is 11.3 Å². The summed E-state index contributed by atoms with van der Waals surface area (Å²) in [6, 6.07) is 2.74. The van der Waals surface area contributed by atoms with E-state index in [1.807, 2.05) is 0 Å². The predicted octanol–water partition coefficient (Wildman–Crippen LogP) is 5.72. The molecule has 0 aliphatic carbocycles. The molecule has 0 saturated carbocycles. The normalized spacial score (nSPS) is 12.9. The van der Waals surface area contributed by atoms with Crippen molar-refractivity contribution in [3.63, 3.8) is 0 Å². The van der Waals surface area contributed by atoms with E-state index in [-0.39, 0.29) is 0 Å². The maximum Gasteiger partial charge on any atom is 0.0960 e. The lowest BCUT2D eigenvalue weighted by Crippen LogP contribution is -2.19. The van der Waals surface area contributed by atoms with Crippen molar-refractivity contribution in [1.82, 2.24) is 5.32 Å². The minimum absolute atomic E-state index is 0.493. The molecule has 1 N–H and O–H groups in total.